The van der Waals surface area contributed by atoms with Crippen LogP contribution in [0.4, 0.5) is 15.8 Å². The molecule has 0 aliphatic heterocycles. The van der Waals surface area contributed by atoms with E-state index in [1.807, 2.05) is 42.5 Å². The lowest BCUT2D eigenvalue weighted by Crippen LogP contribution is -2.14. The minimum absolute atomic E-state index is 0.129. The maximum absolute atomic E-state index is 13.0. The fraction of sp³-hybridized carbons (Fsp3) is 0.0370. The van der Waals surface area contributed by atoms with Crippen molar-refractivity contribution in [2.24, 2.45) is 0 Å². The summed E-state index contributed by atoms with van der Waals surface area (Å²) in [6, 6.07) is 29.2. The number of amides is 2. The molecular weight excluding hydrogens is 451 g/mol. The molecule has 2 amide bonds. The van der Waals surface area contributed by atoms with E-state index in [1.165, 1.54) is 36.0 Å². The van der Waals surface area contributed by atoms with Crippen LogP contribution in [-0.2, 0) is 4.79 Å². The summed E-state index contributed by atoms with van der Waals surface area (Å²) in [5, 5.41) is 5.63. The SMILES string of the molecule is O=C(CSc1ccc(NC(=O)c2ccc(F)cc2)cc1)Nc1ccc(Oc2ccccc2)cc1. The summed E-state index contributed by atoms with van der Waals surface area (Å²) in [6.07, 6.45) is 0. The van der Waals surface area contributed by atoms with Gasteiger partial charge in [0.2, 0.25) is 5.91 Å². The molecule has 0 radical (unpaired) electrons. The van der Waals surface area contributed by atoms with Crippen molar-refractivity contribution in [1.82, 2.24) is 0 Å². The highest BCUT2D eigenvalue weighted by atomic mass is 32.2. The molecule has 0 spiro atoms. The predicted molar refractivity (Wildman–Crippen MR) is 133 cm³/mol. The fourth-order valence-corrected chi connectivity index (χ4v) is 3.71. The van der Waals surface area contributed by atoms with E-state index in [1.54, 1.807) is 36.4 Å². The molecule has 4 aromatic rings. The van der Waals surface area contributed by atoms with Crippen LogP contribution in [0.25, 0.3) is 0 Å². The van der Waals surface area contributed by atoms with Crippen molar-refractivity contribution >= 4 is 35.0 Å². The third-order valence-corrected chi connectivity index (χ3v) is 5.72. The van der Waals surface area contributed by atoms with Crippen LogP contribution in [0.1, 0.15) is 10.4 Å². The lowest BCUT2D eigenvalue weighted by molar-refractivity contribution is -0.113. The number of carbonyl (C=O) groups is 2. The van der Waals surface area contributed by atoms with Gasteiger partial charge in [-0.15, -0.1) is 11.8 Å². The third-order valence-electron chi connectivity index (χ3n) is 4.71. The van der Waals surface area contributed by atoms with Crippen molar-refractivity contribution in [3.8, 4) is 11.5 Å². The molecule has 0 saturated heterocycles. The second-order valence-electron chi connectivity index (χ2n) is 7.26. The van der Waals surface area contributed by atoms with Crippen molar-refractivity contribution < 1.29 is 18.7 Å². The molecule has 4 rings (SSSR count). The van der Waals surface area contributed by atoms with E-state index in [0.717, 1.165) is 10.6 Å². The number of anilines is 2. The number of benzene rings is 4. The van der Waals surface area contributed by atoms with Crippen LogP contribution in [0.15, 0.2) is 108 Å². The number of nitrogens with one attached hydrogen (secondary N) is 2. The first kappa shape index (κ1) is 23.1. The Hall–Kier alpha value is -4.10. The molecule has 5 nitrogen and oxygen atoms in total. The minimum atomic E-state index is -0.393. The highest BCUT2D eigenvalue weighted by molar-refractivity contribution is 8.00. The van der Waals surface area contributed by atoms with E-state index in [-0.39, 0.29) is 17.6 Å². The van der Waals surface area contributed by atoms with Gasteiger partial charge in [-0.1, -0.05) is 18.2 Å². The lowest BCUT2D eigenvalue weighted by atomic mass is 10.2. The van der Waals surface area contributed by atoms with E-state index in [4.69, 9.17) is 4.74 Å². The first-order valence-electron chi connectivity index (χ1n) is 10.5. The zero-order valence-electron chi connectivity index (χ0n) is 18.0. The molecule has 0 heterocycles. The number of halogens is 1. The van der Waals surface area contributed by atoms with Gasteiger partial charge in [-0.25, -0.2) is 4.39 Å². The Bertz CT molecular complexity index is 1250. The van der Waals surface area contributed by atoms with E-state index >= 15 is 0 Å². The standard InChI is InChI=1S/C27H21FN2O3S/c28-20-8-6-19(7-9-20)27(32)30-22-12-16-25(17-13-22)34-18-26(31)29-21-10-14-24(15-11-21)33-23-4-2-1-3-5-23/h1-17H,18H2,(H,29,31)(H,30,32). The van der Waals surface area contributed by atoms with Gasteiger partial charge < -0.3 is 15.4 Å². The fourth-order valence-electron chi connectivity index (χ4n) is 3.02. The van der Waals surface area contributed by atoms with Gasteiger partial charge in [-0.2, -0.15) is 0 Å². The molecule has 0 fully saturated rings. The van der Waals surface area contributed by atoms with Crippen LogP contribution in [0.3, 0.4) is 0 Å². The molecule has 0 unspecified atom stereocenters. The van der Waals surface area contributed by atoms with Crippen molar-refractivity contribution in [1.29, 1.82) is 0 Å². The summed E-state index contributed by atoms with van der Waals surface area (Å²) in [5.74, 6) is 0.831. The van der Waals surface area contributed by atoms with E-state index < -0.39 is 5.82 Å². The molecule has 7 heteroatoms. The Morgan fingerprint density at radius 2 is 1.29 bits per heavy atom. The first-order chi connectivity index (χ1) is 16.5. The van der Waals surface area contributed by atoms with Crippen LogP contribution in [0.5, 0.6) is 11.5 Å². The van der Waals surface area contributed by atoms with Crippen LogP contribution in [-0.4, -0.2) is 17.6 Å². The number of thioether (sulfide) groups is 1. The van der Waals surface area contributed by atoms with Gasteiger partial charge in [0.1, 0.15) is 17.3 Å². The second kappa shape index (κ2) is 11.2. The molecule has 170 valence electrons. The van der Waals surface area contributed by atoms with Crippen molar-refractivity contribution in [2.45, 2.75) is 4.90 Å². The minimum Gasteiger partial charge on any atom is -0.457 e. The van der Waals surface area contributed by atoms with Crippen molar-refractivity contribution in [3.05, 3.63) is 115 Å². The average Bonchev–Trinajstić information content (AvgIpc) is 2.86. The maximum Gasteiger partial charge on any atom is 0.255 e. The van der Waals surface area contributed by atoms with Gasteiger partial charge in [-0.05, 0) is 84.9 Å². The highest BCUT2D eigenvalue weighted by Gasteiger charge is 2.08. The van der Waals surface area contributed by atoms with Crippen LogP contribution in [0, 0.1) is 5.82 Å². The molecule has 4 aromatic carbocycles. The first-order valence-corrected chi connectivity index (χ1v) is 11.5. The van der Waals surface area contributed by atoms with Crippen LogP contribution >= 0.6 is 11.8 Å². The van der Waals surface area contributed by atoms with E-state index in [0.29, 0.717) is 22.7 Å². The summed E-state index contributed by atoms with van der Waals surface area (Å²) < 4.78 is 18.7. The molecule has 0 saturated carbocycles. The average molecular weight is 473 g/mol. The summed E-state index contributed by atoms with van der Waals surface area (Å²) in [4.78, 5) is 25.4. The van der Waals surface area contributed by atoms with Gasteiger partial charge >= 0.3 is 0 Å². The zero-order valence-corrected chi connectivity index (χ0v) is 18.8. The molecular formula is C27H21FN2O3S. The smallest absolute Gasteiger partial charge is 0.255 e. The van der Waals surface area contributed by atoms with E-state index in [2.05, 4.69) is 10.6 Å². The Morgan fingerprint density at radius 3 is 1.97 bits per heavy atom. The molecule has 2 N–H and O–H groups in total. The summed E-state index contributed by atoms with van der Waals surface area (Å²) in [5.41, 5.74) is 1.67. The third kappa shape index (κ3) is 6.70. The highest BCUT2D eigenvalue weighted by Crippen LogP contribution is 2.24. The molecule has 0 aliphatic carbocycles. The zero-order chi connectivity index (χ0) is 23.8. The second-order valence-corrected chi connectivity index (χ2v) is 8.31. The maximum atomic E-state index is 13.0. The quantitative estimate of drug-likeness (QED) is 0.284. The van der Waals surface area contributed by atoms with Crippen molar-refractivity contribution in [2.75, 3.05) is 16.4 Å². The Kier molecular flexibility index (Phi) is 7.57. The Morgan fingerprint density at radius 1 is 0.706 bits per heavy atom. The topological polar surface area (TPSA) is 67.4 Å². The van der Waals surface area contributed by atoms with Crippen molar-refractivity contribution in [3.63, 3.8) is 0 Å². The van der Waals surface area contributed by atoms with Gasteiger partial charge in [0, 0.05) is 21.8 Å². The molecule has 0 aliphatic rings. The Labute approximate surface area is 201 Å². The normalized spacial score (nSPS) is 10.4. The number of para-hydroxylation sites is 1. The molecule has 0 atom stereocenters. The number of ether oxygens (including phenoxy) is 1. The van der Waals surface area contributed by atoms with Crippen LogP contribution < -0.4 is 15.4 Å². The molecule has 34 heavy (non-hydrogen) atoms. The van der Waals surface area contributed by atoms with Gasteiger partial charge in [-0.3, -0.25) is 9.59 Å². The summed E-state index contributed by atoms with van der Waals surface area (Å²) in [7, 11) is 0. The molecule has 0 aromatic heterocycles. The molecule has 0 bridgehead atoms. The van der Waals surface area contributed by atoms with Gasteiger partial charge in [0.05, 0.1) is 5.75 Å². The summed E-state index contributed by atoms with van der Waals surface area (Å²) >= 11 is 1.39. The Balaban J connectivity index is 1.23. The monoisotopic (exact) mass is 472 g/mol. The number of carbonyl (C=O) groups excluding carboxylic acids is 2. The number of hydrogen-bond acceptors (Lipinski definition) is 4. The number of hydrogen-bond donors (Lipinski definition) is 2. The predicted octanol–water partition coefficient (Wildman–Crippen LogP) is 6.60. The summed E-state index contributed by atoms with van der Waals surface area (Å²) in [6.45, 7) is 0. The number of rotatable bonds is 8. The van der Waals surface area contributed by atoms with Crippen LogP contribution in [0.2, 0.25) is 0 Å². The largest absolute Gasteiger partial charge is 0.457 e. The lowest BCUT2D eigenvalue weighted by Gasteiger charge is -2.09. The van der Waals surface area contributed by atoms with Gasteiger partial charge in [0.25, 0.3) is 5.91 Å². The van der Waals surface area contributed by atoms with Gasteiger partial charge in [0.15, 0.2) is 0 Å². The van der Waals surface area contributed by atoms with E-state index in [9.17, 15) is 14.0 Å².